The molecule has 3 aromatic rings. The van der Waals surface area contributed by atoms with E-state index >= 15 is 0 Å². The maximum absolute atomic E-state index is 4.69. The van der Waals surface area contributed by atoms with Crippen LogP contribution in [0.4, 0.5) is 0 Å². The molecule has 1 aromatic heterocycles. The molecule has 142 valence electrons. The molecule has 5 nitrogen and oxygen atoms in total. The Bertz CT molecular complexity index is 872. The Hall–Kier alpha value is -2.35. The molecule has 0 aliphatic rings. The normalized spacial score (nSPS) is 11.0. The first-order chi connectivity index (χ1) is 12.7. The van der Waals surface area contributed by atoms with Crippen molar-refractivity contribution >= 4 is 29.9 Å². The van der Waals surface area contributed by atoms with Gasteiger partial charge in [-0.3, -0.25) is 4.99 Å². The average molecular weight is 475 g/mol. The van der Waals surface area contributed by atoms with Crippen LogP contribution in [0.2, 0.25) is 0 Å². The van der Waals surface area contributed by atoms with E-state index in [0.29, 0.717) is 6.54 Å². The smallest absolute Gasteiger partial charge is 0.191 e. The number of hydrogen-bond donors (Lipinski definition) is 2. The van der Waals surface area contributed by atoms with Gasteiger partial charge in [0.05, 0.1) is 11.4 Å². The second kappa shape index (κ2) is 10.1. The number of nitrogens with zero attached hydrogens (tertiary/aromatic N) is 3. The van der Waals surface area contributed by atoms with Crippen molar-refractivity contribution in [2.24, 2.45) is 4.99 Å². The van der Waals surface area contributed by atoms with Gasteiger partial charge in [0.2, 0.25) is 0 Å². The van der Waals surface area contributed by atoms with Crippen molar-refractivity contribution in [3.63, 3.8) is 0 Å². The fourth-order valence-electron chi connectivity index (χ4n) is 2.93. The lowest BCUT2D eigenvalue weighted by molar-refractivity contribution is 0.800. The van der Waals surface area contributed by atoms with Gasteiger partial charge in [-0.05, 0) is 31.5 Å². The third kappa shape index (κ3) is 5.32. The van der Waals surface area contributed by atoms with E-state index in [0.717, 1.165) is 29.6 Å². The Morgan fingerprint density at radius 3 is 2.15 bits per heavy atom. The lowest BCUT2D eigenvalue weighted by atomic mass is 10.2. The minimum atomic E-state index is 0. The molecule has 2 aromatic carbocycles. The number of para-hydroxylation sites is 1. The molecule has 0 amide bonds. The van der Waals surface area contributed by atoms with Crippen molar-refractivity contribution in [2.45, 2.75) is 26.9 Å². The zero-order chi connectivity index (χ0) is 18.4. The van der Waals surface area contributed by atoms with Gasteiger partial charge in [-0.1, -0.05) is 48.5 Å². The van der Waals surface area contributed by atoms with E-state index in [9.17, 15) is 0 Å². The van der Waals surface area contributed by atoms with Gasteiger partial charge in [0.15, 0.2) is 5.96 Å². The van der Waals surface area contributed by atoms with Gasteiger partial charge in [0, 0.05) is 31.4 Å². The van der Waals surface area contributed by atoms with Gasteiger partial charge >= 0.3 is 0 Å². The summed E-state index contributed by atoms with van der Waals surface area (Å²) in [6.45, 7) is 5.56. The second-order valence-electron chi connectivity index (χ2n) is 6.16. The monoisotopic (exact) mass is 475 g/mol. The number of rotatable bonds is 5. The molecule has 0 spiro atoms. The van der Waals surface area contributed by atoms with E-state index in [1.165, 1.54) is 11.1 Å². The van der Waals surface area contributed by atoms with E-state index in [1.807, 2.05) is 48.0 Å². The summed E-state index contributed by atoms with van der Waals surface area (Å²) < 4.78 is 1.99. The Kier molecular flexibility index (Phi) is 7.84. The highest BCUT2D eigenvalue weighted by molar-refractivity contribution is 14.0. The molecule has 3 rings (SSSR count). The summed E-state index contributed by atoms with van der Waals surface area (Å²) in [5.41, 5.74) is 5.65. The molecule has 0 atom stereocenters. The van der Waals surface area contributed by atoms with Crippen LogP contribution in [-0.2, 0) is 13.1 Å². The van der Waals surface area contributed by atoms with E-state index in [-0.39, 0.29) is 24.0 Å². The number of aryl methyl sites for hydroxylation is 1. The summed E-state index contributed by atoms with van der Waals surface area (Å²) in [5.74, 6) is 0.778. The minimum Gasteiger partial charge on any atom is -0.352 e. The fraction of sp³-hybridized carbons (Fsp3) is 0.238. The molecule has 6 heteroatoms. The summed E-state index contributed by atoms with van der Waals surface area (Å²) in [7, 11) is 1.79. The minimum absolute atomic E-state index is 0. The molecule has 27 heavy (non-hydrogen) atoms. The van der Waals surface area contributed by atoms with Crippen LogP contribution in [0, 0.1) is 13.8 Å². The topological polar surface area (TPSA) is 54.2 Å². The summed E-state index contributed by atoms with van der Waals surface area (Å²) in [4.78, 5) is 4.31. The Balaban J connectivity index is 0.00000261. The predicted molar refractivity (Wildman–Crippen MR) is 122 cm³/mol. The predicted octanol–water partition coefficient (Wildman–Crippen LogP) is 3.97. The molecule has 0 unspecified atom stereocenters. The quantitative estimate of drug-likeness (QED) is 0.334. The highest BCUT2D eigenvalue weighted by Gasteiger charge is 2.13. The first-order valence-corrected chi connectivity index (χ1v) is 8.78. The van der Waals surface area contributed by atoms with Crippen molar-refractivity contribution in [2.75, 3.05) is 7.05 Å². The number of guanidine groups is 1. The largest absolute Gasteiger partial charge is 0.352 e. The Labute approximate surface area is 177 Å². The third-order valence-corrected chi connectivity index (χ3v) is 4.40. The summed E-state index contributed by atoms with van der Waals surface area (Å²) in [5, 5.41) is 11.4. The van der Waals surface area contributed by atoms with Crippen LogP contribution in [0.3, 0.4) is 0 Å². The zero-order valence-corrected chi connectivity index (χ0v) is 18.3. The molecule has 0 bridgehead atoms. The first-order valence-electron chi connectivity index (χ1n) is 8.78. The maximum atomic E-state index is 4.69. The Morgan fingerprint density at radius 1 is 0.926 bits per heavy atom. The molecule has 2 N–H and O–H groups in total. The highest BCUT2D eigenvalue weighted by atomic mass is 127. The standard InChI is InChI=1S/C21H25N5.HI/c1-16-20(17(2)26(25-16)19-12-8-5-9-13-19)15-24-21(22-3)23-14-18-10-6-4-7-11-18;/h4-13H,14-15H2,1-3H3,(H2,22,23,24);1H. The number of aliphatic imine (C=N–C) groups is 1. The van der Waals surface area contributed by atoms with Crippen LogP contribution in [-0.4, -0.2) is 22.8 Å². The van der Waals surface area contributed by atoms with Crippen molar-refractivity contribution in [3.8, 4) is 5.69 Å². The highest BCUT2D eigenvalue weighted by Crippen LogP contribution is 2.17. The molecule has 0 saturated heterocycles. The second-order valence-corrected chi connectivity index (χ2v) is 6.16. The van der Waals surface area contributed by atoms with E-state index in [4.69, 9.17) is 5.10 Å². The molecule has 0 aliphatic carbocycles. The van der Waals surface area contributed by atoms with Crippen molar-refractivity contribution in [3.05, 3.63) is 83.2 Å². The van der Waals surface area contributed by atoms with Crippen molar-refractivity contribution in [1.29, 1.82) is 0 Å². The van der Waals surface area contributed by atoms with Gasteiger partial charge in [0.1, 0.15) is 0 Å². The van der Waals surface area contributed by atoms with Crippen LogP contribution in [0.25, 0.3) is 5.69 Å². The number of hydrogen-bond acceptors (Lipinski definition) is 2. The van der Waals surface area contributed by atoms with E-state index in [2.05, 4.69) is 46.8 Å². The molecule has 1 heterocycles. The lowest BCUT2D eigenvalue weighted by Gasteiger charge is -2.12. The molecular weight excluding hydrogens is 449 g/mol. The molecule has 0 aliphatic heterocycles. The van der Waals surface area contributed by atoms with Gasteiger partial charge in [-0.25, -0.2) is 4.68 Å². The summed E-state index contributed by atoms with van der Waals surface area (Å²) in [6.07, 6.45) is 0. The summed E-state index contributed by atoms with van der Waals surface area (Å²) in [6, 6.07) is 20.5. The molecule has 0 fully saturated rings. The van der Waals surface area contributed by atoms with Crippen molar-refractivity contribution < 1.29 is 0 Å². The Morgan fingerprint density at radius 2 is 1.52 bits per heavy atom. The van der Waals surface area contributed by atoms with Crippen LogP contribution in [0.5, 0.6) is 0 Å². The van der Waals surface area contributed by atoms with Gasteiger partial charge in [0.25, 0.3) is 0 Å². The van der Waals surface area contributed by atoms with E-state index in [1.54, 1.807) is 7.05 Å². The zero-order valence-electron chi connectivity index (χ0n) is 15.9. The van der Waals surface area contributed by atoms with E-state index < -0.39 is 0 Å². The summed E-state index contributed by atoms with van der Waals surface area (Å²) >= 11 is 0. The molecule has 0 radical (unpaired) electrons. The van der Waals surface area contributed by atoms with Crippen molar-refractivity contribution in [1.82, 2.24) is 20.4 Å². The van der Waals surface area contributed by atoms with Crippen LogP contribution in [0.15, 0.2) is 65.7 Å². The van der Waals surface area contributed by atoms with Crippen LogP contribution in [0.1, 0.15) is 22.5 Å². The number of benzene rings is 2. The number of halogens is 1. The molecule has 0 saturated carbocycles. The maximum Gasteiger partial charge on any atom is 0.191 e. The first kappa shape index (κ1) is 21.0. The SMILES string of the molecule is CN=C(NCc1ccccc1)NCc1c(C)nn(-c2ccccc2)c1C.I. The van der Waals surface area contributed by atoms with Gasteiger partial charge in [-0.2, -0.15) is 5.10 Å². The van der Waals surface area contributed by atoms with Crippen LogP contribution < -0.4 is 10.6 Å². The lowest BCUT2D eigenvalue weighted by Crippen LogP contribution is -2.36. The third-order valence-electron chi connectivity index (χ3n) is 4.40. The molecular formula is C21H26IN5. The van der Waals surface area contributed by atoms with Gasteiger partial charge < -0.3 is 10.6 Å². The van der Waals surface area contributed by atoms with Crippen LogP contribution >= 0.6 is 24.0 Å². The van der Waals surface area contributed by atoms with Gasteiger partial charge in [-0.15, -0.1) is 24.0 Å². The number of nitrogens with one attached hydrogen (secondary N) is 2. The number of aromatic nitrogens is 2. The average Bonchev–Trinajstić information content (AvgIpc) is 2.97. The fourth-order valence-corrected chi connectivity index (χ4v) is 2.93.